The first-order valence-electron chi connectivity index (χ1n) is 16.6. The van der Waals surface area contributed by atoms with E-state index in [1.807, 2.05) is 84.3 Å². The van der Waals surface area contributed by atoms with E-state index in [2.05, 4.69) is 50.5 Å². The fraction of sp³-hybridized carbons (Fsp3) is 0.308. The van der Waals surface area contributed by atoms with Crippen molar-refractivity contribution < 1.29 is 4.39 Å². The van der Waals surface area contributed by atoms with Crippen LogP contribution in [0.15, 0.2) is 90.6 Å². The van der Waals surface area contributed by atoms with E-state index in [4.69, 9.17) is 10.7 Å². The molecule has 5 N–H and O–H groups in total. The van der Waals surface area contributed by atoms with Crippen LogP contribution < -0.4 is 11.1 Å². The van der Waals surface area contributed by atoms with E-state index >= 15 is 0 Å². The molecule has 0 unspecified atom stereocenters. The Morgan fingerprint density at radius 2 is 1.92 bits per heavy atom. The summed E-state index contributed by atoms with van der Waals surface area (Å²) in [6.45, 7) is 19.5. The van der Waals surface area contributed by atoms with Crippen LogP contribution in [0.1, 0.15) is 69.5 Å². The second-order valence-electron chi connectivity index (χ2n) is 11.4. The average Bonchev–Trinajstić information content (AvgIpc) is 3.67. The third-order valence-corrected chi connectivity index (χ3v) is 7.53. The van der Waals surface area contributed by atoms with E-state index in [0.29, 0.717) is 23.8 Å². The highest BCUT2D eigenvalue weighted by atomic mass is 19.1. The Hall–Kier alpha value is -5.02. The minimum Gasteiger partial charge on any atom is -0.387 e. The summed E-state index contributed by atoms with van der Waals surface area (Å²) >= 11 is 0. The fourth-order valence-electron chi connectivity index (χ4n) is 5.12. The van der Waals surface area contributed by atoms with Crippen molar-refractivity contribution in [1.82, 2.24) is 25.1 Å². The van der Waals surface area contributed by atoms with Crippen LogP contribution in [0.25, 0.3) is 33.6 Å². The lowest BCUT2D eigenvalue weighted by Gasteiger charge is -2.14. The topological polar surface area (TPSA) is 111 Å². The summed E-state index contributed by atoms with van der Waals surface area (Å²) in [5.74, 6) is 0.271. The molecule has 0 fully saturated rings. The van der Waals surface area contributed by atoms with Gasteiger partial charge in [-0.1, -0.05) is 58.6 Å². The van der Waals surface area contributed by atoms with E-state index in [9.17, 15) is 4.39 Å². The van der Waals surface area contributed by atoms with Gasteiger partial charge in [0.15, 0.2) is 0 Å². The van der Waals surface area contributed by atoms with Gasteiger partial charge in [-0.25, -0.2) is 14.4 Å². The molecule has 0 aliphatic carbocycles. The Kier molecular flexibility index (Phi) is 14.3. The van der Waals surface area contributed by atoms with E-state index in [-0.39, 0.29) is 5.82 Å². The highest BCUT2D eigenvalue weighted by Crippen LogP contribution is 2.34. The Bertz CT molecular complexity index is 1820. The lowest BCUT2D eigenvalue weighted by Crippen LogP contribution is -2.20. The Morgan fingerprint density at radius 1 is 1.15 bits per heavy atom. The van der Waals surface area contributed by atoms with E-state index in [1.165, 1.54) is 6.07 Å². The number of H-pyrrole nitrogens is 2. The van der Waals surface area contributed by atoms with Crippen molar-refractivity contribution >= 4 is 33.7 Å². The first kappa shape index (κ1) is 37.4. The van der Waals surface area contributed by atoms with Gasteiger partial charge in [0.05, 0.1) is 28.4 Å². The molecule has 1 aromatic carbocycles. The monoisotopic (exact) mass is 650 g/mol. The van der Waals surface area contributed by atoms with Crippen LogP contribution in [-0.4, -0.2) is 58.1 Å². The van der Waals surface area contributed by atoms with Crippen molar-refractivity contribution in [2.24, 2.45) is 10.7 Å². The Morgan fingerprint density at radius 3 is 2.58 bits per heavy atom. The number of nitrogens with zero attached hydrogens (tertiary/aromatic N) is 4. The third kappa shape index (κ3) is 9.75. The van der Waals surface area contributed by atoms with Crippen LogP contribution in [-0.2, 0) is 0 Å². The smallest absolute Gasteiger partial charge is 0.135 e. The number of anilines is 1. The highest BCUT2D eigenvalue weighted by Gasteiger charge is 2.18. The summed E-state index contributed by atoms with van der Waals surface area (Å²) in [6.07, 6.45) is 12.0. The number of aromatic nitrogens is 4. The number of aliphatic imine (C=N–C) groups is 1. The molecule has 3 aromatic heterocycles. The van der Waals surface area contributed by atoms with Gasteiger partial charge in [0, 0.05) is 36.5 Å². The molecule has 0 bridgehead atoms. The van der Waals surface area contributed by atoms with Gasteiger partial charge in [0.25, 0.3) is 0 Å². The number of amidine groups is 1. The zero-order valence-corrected chi connectivity index (χ0v) is 29.5. The van der Waals surface area contributed by atoms with Crippen molar-refractivity contribution in [3.8, 4) is 11.4 Å². The molecule has 0 atom stereocenters. The van der Waals surface area contributed by atoms with E-state index < -0.39 is 0 Å². The molecule has 8 nitrogen and oxygen atoms in total. The van der Waals surface area contributed by atoms with E-state index in [0.717, 1.165) is 81.9 Å². The number of hydrogen-bond acceptors (Lipinski definition) is 5. The molecule has 0 radical (unpaired) electrons. The van der Waals surface area contributed by atoms with Gasteiger partial charge in [-0.05, 0) is 99.6 Å². The molecule has 0 saturated heterocycles. The molecule has 254 valence electrons. The summed E-state index contributed by atoms with van der Waals surface area (Å²) in [6, 6.07) is 11.0. The van der Waals surface area contributed by atoms with Gasteiger partial charge in [-0.2, -0.15) is 5.10 Å². The highest BCUT2D eigenvalue weighted by molar-refractivity contribution is 5.92. The van der Waals surface area contributed by atoms with Crippen LogP contribution in [0.4, 0.5) is 10.1 Å². The number of unbranched alkanes of at least 4 members (excludes halogenated alkanes) is 1. The molecule has 0 saturated carbocycles. The van der Waals surface area contributed by atoms with Crippen molar-refractivity contribution in [1.29, 1.82) is 0 Å². The number of allylic oxidation sites excluding steroid dienone is 6. The molecule has 0 aliphatic heterocycles. The first-order chi connectivity index (χ1) is 23.2. The van der Waals surface area contributed by atoms with Gasteiger partial charge >= 0.3 is 0 Å². The van der Waals surface area contributed by atoms with Gasteiger partial charge in [0.1, 0.15) is 17.0 Å². The maximum absolute atomic E-state index is 14.8. The Labute approximate surface area is 285 Å². The number of benzene rings is 1. The second-order valence-corrected chi connectivity index (χ2v) is 11.4. The fourth-order valence-corrected chi connectivity index (χ4v) is 5.12. The van der Waals surface area contributed by atoms with Crippen molar-refractivity contribution in [3.63, 3.8) is 0 Å². The summed E-state index contributed by atoms with van der Waals surface area (Å²) in [7, 11) is 4.01. The number of aryl methyl sites for hydroxylation is 1. The van der Waals surface area contributed by atoms with Crippen LogP contribution in [0, 0.1) is 12.7 Å². The predicted octanol–water partition coefficient (Wildman–Crippen LogP) is 9.04. The van der Waals surface area contributed by atoms with Crippen molar-refractivity contribution in [3.05, 3.63) is 114 Å². The lowest BCUT2D eigenvalue weighted by atomic mass is 9.96. The van der Waals surface area contributed by atoms with Gasteiger partial charge in [0.2, 0.25) is 0 Å². The SMILES string of the molecule is C=C/C=C(/c1cc(F)cc(NCCN(C)C)c1)c1cc(-c2n[nH]c3ccc(C(/C=C(\C=C)N=C(N)CCCC)=C/C)nc23)[nH]c1C.CC. The largest absolute Gasteiger partial charge is 0.387 e. The maximum Gasteiger partial charge on any atom is 0.135 e. The summed E-state index contributed by atoms with van der Waals surface area (Å²) in [4.78, 5) is 15.1. The molecule has 0 aliphatic rings. The number of likely N-dealkylation sites (N-methyl/N-ethyl adjacent to an activating group) is 1. The van der Waals surface area contributed by atoms with Crippen molar-refractivity contribution in [2.45, 2.75) is 53.9 Å². The zero-order chi connectivity index (χ0) is 35.2. The number of nitrogens with two attached hydrogens (primary N) is 1. The number of fused-ring (bicyclic) bond motifs is 1. The van der Waals surface area contributed by atoms with Gasteiger partial charge in [-0.15, -0.1) is 0 Å². The number of halogens is 1. The standard InChI is InChI=1S/C37H45FN8.C2H6/c1-8-12-14-35(39)42-28(11-4)20-25(10-3)32-15-16-33-36(43-32)37(45-44-33)34-23-31(24(5)41-34)30(13-9-2)26-19-27(38)22-29(21-26)40-17-18-46(6)7;1-2/h9-11,13,15-16,19-23,40-41H,2,4,8,12,14,17-18H2,1,3,5-7H3,(H2,39,42)(H,44,45);1-2H3/b25-10+,28-20+,30-13-;. The van der Waals surface area contributed by atoms with Crippen LogP contribution in [0.2, 0.25) is 0 Å². The maximum atomic E-state index is 14.8. The molecule has 3 heterocycles. The first-order valence-corrected chi connectivity index (χ1v) is 16.6. The third-order valence-electron chi connectivity index (χ3n) is 7.53. The minimum atomic E-state index is -0.314. The van der Waals surface area contributed by atoms with Crippen LogP contribution in [0.5, 0.6) is 0 Å². The van der Waals surface area contributed by atoms with Gasteiger partial charge in [-0.3, -0.25) is 5.10 Å². The zero-order valence-electron chi connectivity index (χ0n) is 29.5. The Balaban J connectivity index is 0.00000307. The molecule has 9 heteroatoms. The molecular formula is C39H51FN8. The lowest BCUT2D eigenvalue weighted by molar-refractivity contribution is 0.425. The molecule has 4 aromatic rings. The number of hydrogen-bond donors (Lipinski definition) is 4. The summed E-state index contributed by atoms with van der Waals surface area (Å²) in [5, 5.41) is 11.1. The normalized spacial score (nSPS) is 12.7. The average molecular weight is 651 g/mol. The molecule has 0 spiro atoms. The quantitative estimate of drug-likeness (QED) is 0.0583. The van der Waals surface area contributed by atoms with Crippen LogP contribution >= 0.6 is 0 Å². The predicted molar refractivity (Wildman–Crippen MR) is 204 cm³/mol. The number of aromatic amines is 2. The summed E-state index contributed by atoms with van der Waals surface area (Å²) in [5.41, 5.74) is 15.6. The number of rotatable bonds is 15. The number of pyridine rings is 1. The minimum absolute atomic E-state index is 0.314. The molecule has 4 rings (SSSR count). The van der Waals surface area contributed by atoms with Gasteiger partial charge < -0.3 is 20.9 Å². The van der Waals surface area contributed by atoms with Crippen molar-refractivity contribution in [2.75, 3.05) is 32.5 Å². The molecule has 48 heavy (non-hydrogen) atoms. The van der Waals surface area contributed by atoms with E-state index in [1.54, 1.807) is 18.2 Å². The summed E-state index contributed by atoms with van der Waals surface area (Å²) < 4.78 is 14.8. The number of nitrogens with one attached hydrogen (secondary N) is 3. The molecular weight excluding hydrogens is 599 g/mol. The van der Waals surface area contributed by atoms with Crippen LogP contribution in [0.3, 0.4) is 0 Å². The second kappa shape index (κ2) is 18.4. The molecule has 0 amide bonds.